The lowest BCUT2D eigenvalue weighted by molar-refractivity contribution is -0.139. The summed E-state index contributed by atoms with van der Waals surface area (Å²) in [5.74, 6) is 0.899. The van der Waals surface area contributed by atoms with Gasteiger partial charge in [-0.1, -0.05) is 30.3 Å². The van der Waals surface area contributed by atoms with Crippen LogP contribution in [-0.4, -0.2) is 53.3 Å². The molecule has 148 valence electrons. The predicted molar refractivity (Wildman–Crippen MR) is 105 cm³/mol. The first-order chi connectivity index (χ1) is 13.4. The van der Waals surface area contributed by atoms with Gasteiger partial charge in [0.2, 0.25) is 11.7 Å². The highest BCUT2D eigenvalue weighted by Gasteiger charge is 2.45. The van der Waals surface area contributed by atoms with Crippen LogP contribution >= 0.6 is 0 Å². The van der Waals surface area contributed by atoms with Crippen molar-refractivity contribution in [3.05, 3.63) is 53.2 Å². The Balaban J connectivity index is 1.49. The van der Waals surface area contributed by atoms with E-state index in [1.807, 2.05) is 47.2 Å². The number of nitrogens with zero attached hydrogens (tertiary/aromatic N) is 3. The predicted octanol–water partition coefficient (Wildman–Crippen LogP) is 3.16. The van der Waals surface area contributed by atoms with Crippen molar-refractivity contribution in [3.63, 3.8) is 0 Å². The summed E-state index contributed by atoms with van der Waals surface area (Å²) in [4.78, 5) is 33.6. The van der Waals surface area contributed by atoms with E-state index in [-0.39, 0.29) is 23.1 Å². The Hall–Kier alpha value is -2.63. The molecule has 0 radical (unpaired) electrons. The molecule has 2 saturated heterocycles. The fourth-order valence-corrected chi connectivity index (χ4v) is 4.80. The van der Waals surface area contributed by atoms with Crippen molar-refractivity contribution in [3.8, 4) is 0 Å². The molecule has 6 nitrogen and oxygen atoms in total. The Bertz CT molecular complexity index is 882. The topological polar surface area (TPSA) is 66.7 Å². The monoisotopic (exact) mass is 381 g/mol. The van der Waals surface area contributed by atoms with E-state index in [9.17, 15) is 9.59 Å². The molecular weight excluding hydrogens is 354 g/mol. The molecule has 1 spiro atoms. The number of benzene rings is 1. The first-order valence-electron chi connectivity index (χ1n) is 9.92. The Labute approximate surface area is 165 Å². The number of carbonyl (C=O) groups is 2. The standard InChI is InChI=1S/C22H27N3O3/c1-15-19(28-16(2)23-15)21(27)25-11-9-22(10-12-25)13-18(20(26)24(3)14-22)17-7-5-4-6-8-17/h4-8,18H,9-14H2,1-3H3/t18-/m1/s1. The number of hydrogen-bond acceptors (Lipinski definition) is 4. The van der Waals surface area contributed by atoms with E-state index >= 15 is 0 Å². The molecule has 2 amide bonds. The molecule has 3 heterocycles. The molecular formula is C22H27N3O3. The molecule has 0 saturated carbocycles. The largest absolute Gasteiger partial charge is 0.436 e. The van der Waals surface area contributed by atoms with Crippen molar-refractivity contribution in [1.82, 2.24) is 14.8 Å². The minimum absolute atomic E-state index is 0.0618. The Kier molecular flexibility index (Phi) is 4.73. The molecule has 2 fully saturated rings. The highest BCUT2D eigenvalue weighted by Crippen LogP contribution is 2.45. The SMILES string of the molecule is Cc1nc(C)c(C(=O)N2CCC3(CC2)C[C@H](c2ccccc2)C(=O)N(C)C3)o1. The average Bonchev–Trinajstić information content (AvgIpc) is 3.04. The molecule has 1 aromatic heterocycles. The van der Waals surface area contributed by atoms with Gasteiger partial charge in [0.15, 0.2) is 5.89 Å². The number of amides is 2. The number of aryl methyl sites for hydroxylation is 2. The molecule has 6 heteroatoms. The van der Waals surface area contributed by atoms with Crippen molar-refractivity contribution in [2.24, 2.45) is 5.41 Å². The van der Waals surface area contributed by atoms with Crippen LogP contribution in [0.5, 0.6) is 0 Å². The van der Waals surface area contributed by atoms with Crippen LogP contribution in [0.4, 0.5) is 0 Å². The van der Waals surface area contributed by atoms with Crippen LogP contribution in [0.15, 0.2) is 34.7 Å². The second kappa shape index (κ2) is 7.08. The maximum absolute atomic E-state index is 12.8. The van der Waals surface area contributed by atoms with Gasteiger partial charge < -0.3 is 14.2 Å². The third kappa shape index (κ3) is 3.32. The number of likely N-dealkylation sites (tertiary alicyclic amines) is 2. The van der Waals surface area contributed by atoms with Crippen molar-refractivity contribution in [1.29, 1.82) is 0 Å². The molecule has 2 aliphatic heterocycles. The van der Waals surface area contributed by atoms with Crippen LogP contribution in [0.1, 0.15) is 52.9 Å². The number of carbonyl (C=O) groups excluding carboxylic acids is 2. The Morgan fingerprint density at radius 3 is 2.46 bits per heavy atom. The Morgan fingerprint density at radius 1 is 1.18 bits per heavy atom. The van der Waals surface area contributed by atoms with Gasteiger partial charge in [0.25, 0.3) is 5.91 Å². The molecule has 1 atom stereocenters. The Morgan fingerprint density at radius 2 is 1.86 bits per heavy atom. The minimum atomic E-state index is -0.0960. The van der Waals surface area contributed by atoms with Crippen molar-refractivity contribution in [2.45, 2.75) is 39.0 Å². The van der Waals surface area contributed by atoms with Crippen LogP contribution < -0.4 is 0 Å². The van der Waals surface area contributed by atoms with Crippen molar-refractivity contribution in [2.75, 3.05) is 26.7 Å². The molecule has 0 aliphatic carbocycles. The quantitative estimate of drug-likeness (QED) is 0.801. The van der Waals surface area contributed by atoms with Crippen LogP contribution in [0.25, 0.3) is 0 Å². The molecule has 0 unspecified atom stereocenters. The summed E-state index contributed by atoms with van der Waals surface area (Å²) in [7, 11) is 1.90. The van der Waals surface area contributed by atoms with Gasteiger partial charge in [0, 0.05) is 33.6 Å². The van der Waals surface area contributed by atoms with E-state index in [4.69, 9.17) is 4.42 Å². The van der Waals surface area contributed by atoms with Gasteiger partial charge in [-0.25, -0.2) is 4.98 Å². The van der Waals surface area contributed by atoms with Crippen LogP contribution in [0.2, 0.25) is 0 Å². The smallest absolute Gasteiger partial charge is 0.291 e. The first-order valence-corrected chi connectivity index (χ1v) is 9.92. The maximum atomic E-state index is 12.8. The molecule has 0 bridgehead atoms. The summed E-state index contributed by atoms with van der Waals surface area (Å²) < 4.78 is 5.52. The van der Waals surface area contributed by atoms with Gasteiger partial charge in [-0.15, -0.1) is 0 Å². The lowest BCUT2D eigenvalue weighted by Crippen LogP contribution is -2.53. The number of piperidine rings is 2. The van der Waals surface area contributed by atoms with E-state index in [1.165, 1.54) is 0 Å². The zero-order valence-corrected chi connectivity index (χ0v) is 16.8. The summed E-state index contributed by atoms with van der Waals surface area (Å²) in [6.45, 7) is 5.69. The summed E-state index contributed by atoms with van der Waals surface area (Å²) in [5, 5.41) is 0. The highest BCUT2D eigenvalue weighted by atomic mass is 16.4. The van der Waals surface area contributed by atoms with E-state index < -0.39 is 0 Å². The molecule has 4 rings (SSSR count). The van der Waals surface area contributed by atoms with E-state index in [0.717, 1.165) is 31.4 Å². The second-order valence-corrected chi connectivity index (χ2v) is 8.30. The number of oxazole rings is 1. The van der Waals surface area contributed by atoms with Gasteiger partial charge in [-0.3, -0.25) is 9.59 Å². The van der Waals surface area contributed by atoms with E-state index in [0.29, 0.717) is 30.4 Å². The molecule has 28 heavy (non-hydrogen) atoms. The summed E-state index contributed by atoms with van der Waals surface area (Å²) in [5.41, 5.74) is 1.80. The summed E-state index contributed by atoms with van der Waals surface area (Å²) in [6.07, 6.45) is 2.64. The fourth-order valence-electron chi connectivity index (χ4n) is 4.80. The van der Waals surface area contributed by atoms with Gasteiger partial charge in [-0.2, -0.15) is 0 Å². The zero-order chi connectivity index (χ0) is 19.9. The fraction of sp³-hybridized carbons (Fsp3) is 0.500. The van der Waals surface area contributed by atoms with Gasteiger partial charge in [0.05, 0.1) is 11.6 Å². The average molecular weight is 381 g/mol. The third-order valence-corrected chi connectivity index (χ3v) is 6.30. The van der Waals surface area contributed by atoms with Gasteiger partial charge in [-0.05, 0) is 37.2 Å². The van der Waals surface area contributed by atoms with Crippen LogP contribution in [0, 0.1) is 19.3 Å². The number of rotatable bonds is 2. The number of hydrogen-bond donors (Lipinski definition) is 0. The molecule has 0 N–H and O–H groups in total. The number of likely N-dealkylation sites (N-methyl/N-ethyl adjacent to an activating group) is 1. The third-order valence-electron chi connectivity index (χ3n) is 6.30. The minimum Gasteiger partial charge on any atom is -0.436 e. The van der Waals surface area contributed by atoms with Gasteiger partial charge >= 0.3 is 0 Å². The highest BCUT2D eigenvalue weighted by molar-refractivity contribution is 5.92. The maximum Gasteiger partial charge on any atom is 0.291 e. The van der Waals surface area contributed by atoms with E-state index in [1.54, 1.807) is 13.8 Å². The van der Waals surface area contributed by atoms with Crippen LogP contribution in [0.3, 0.4) is 0 Å². The van der Waals surface area contributed by atoms with Crippen LogP contribution in [-0.2, 0) is 4.79 Å². The molecule has 2 aromatic rings. The van der Waals surface area contributed by atoms with Crippen molar-refractivity contribution < 1.29 is 14.0 Å². The lowest BCUT2D eigenvalue weighted by Gasteiger charge is -2.49. The molecule has 1 aromatic carbocycles. The lowest BCUT2D eigenvalue weighted by atomic mass is 9.67. The summed E-state index contributed by atoms with van der Waals surface area (Å²) in [6, 6.07) is 10.1. The first kappa shape index (κ1) is 18.7. The van der Waals surface area contributed by atoms with E-state index in [2.05, 4.69) is 4.98 Å². The number of aromatic nitrogens is 1. The zero-order valence-electron chi connectivity index (χ0n) is 16.8. The second-order valence-electron chi connectivity index (χ2n) is 8.30. The normalized spacial score (nSPS) is 22.0. The van der Waals surface area contributed by atoms with Gasteiger partial charge in [0.1, 0.15) is 0 Å². The van der Waals surface area contributed by atoms with Crippen molar-refractivity contribution >= 4 is 11.8 Å². The summed E-state index contributed by atoms with van der Waals surface area (Å²) >= 11 is 0. The molecule has 2 aliphatic rings.